The summed E-state index contributed by atoms with van der Waals surface area (Å²) in [6.07, 6.45) is 0.443. The van der Waals surface area contributed by atoms with Crippen molar-refractivity contribution in [1.29, 1.82) is 0 Å². The Hall–Kier alpha value is -1.14. The van der Waals surface area contributed by atoms with Crippen LogP contribution in [0.15, 0.2) is 0 Å². The van der Waals surface area contributed by atoms with Crippen LogP contribution in [-0.4, -0.2) is 54.2 Å². The summed E-state index contributed by atoms with van der Waals surface area (Å²) in [7, 11) is 1.63. The third-order valence-corrected chi connectivity index (χ3v) is 2.51. The molecule has 0 bridgehead atoms. The van der Waals surface area contributed by atoms with E-state index in [0.717, 1.165) is 6.42 Å². The van der Waals surface area contributed by atoms with E-state index in [1.807, 2.05) is 0 Å². The van der Waals surface area contributed by atoms with E-state index in [0.29, 0.717) is 13.2 Å². The van der Waals surface area contributed by atoms with Crippen LogP contribution in [-0.2, 0) is 14.3 Å². The normalized spacial score (nSPS) is 22.4. The number of nitrogens with two attached hydrogens (primary N) is 1. The van der Waals surface area contributed by atoms with Crippen LogP contribution in [0, 0.1) is 0 Å². The molecule has 0 saturated carbocycles. The number of likely N-dealkylation sites (N-methyl/N-ethyl adjacent to an activating group) is 1. The molecule has 0 aromatic carbocycles. The highest BCUT2D eigenvalue weighted by molar-refractivity contribution is 5.86. The summed E-state index contributed by atoms with van der Waals surface area (Å²) >= 11 is 0. The first kappa shape index (κ1) is 11.9. The smallest absolute Gasteiger partial charge is 0.305 e. The van der Waals surface area contributed by atoms with Gasteiger partial charge < -0.3 is 20.5 Å². The van der Waals surface area contributed by atoms with Crippen LogP contribution in [0.4, 0.5) is 0 Å². The number of hydrogen-bond donors (Lipinski definition) is 2. The number of nitrogens with zero attached hydrogens (tertiary/aromatic N) is 1. The van der Waals surface area contributed by atoms with Crippen LogP contribution < -0.4 is 5.73 Å². The molecule has 0 aromatic rings. The molecule has 2 atom stereocenters. The zero-order chi connectivity index (χ0) is 11.4. The molecule has 0 radical (unpaired) electrons. The van der Waals surface area contributed by atoms with E-state index in [2.05, 4.69) is 0 Å². The molecule has 1 saturated heterocycles. The van der Waals surface area contributed by atoms with Crippen LogP contribution in [0.25, 0.3) is 0 Å². The van der Waals surface area contributed by atoms with Gasteiger partial charge in [-0.2, -0.15) is 0 Å². The first-order valence-electron chi connectivity index (χ1n) is 4.84. The lowest BCUT2D eigenvalue weighted by atomic mass is 10.1. The molecule has 2 unspecified atom stereocenters. The molecule has 1 aliphatic rings. The fourth-order valence-corrected chi connectivity index (χ4v) is 1.54. The molecule has 0 spiro atoms. The van der Waals surface area contributed by atoms with Gasteiger partial charge >= 0.3 is 5.97 Å². The van der Waals surface area contributed by atoms with Gasteiger partial charge in [0.05, 0.1) is 25.1 Å². The zero-order valence-electron chi connectivity index (χ0n) is 8.68. The van der Waals surface area contributed by atoms with Crippen molar-refractivity contribution in [2.75, 3.05) is 20.3 Å². The predicted molar refractivity (Wildman–Crippen MR) is 52.2 cm³/mol. The number of carbonyl (C=O) groups is 2. The Kier molecular flexibility index (Phi) is 4.05. The average Bonchev–Trinajstić information content (AvgIpc) is 2.67. The molecule has 6 nitrogen and oxygen atoms in total. The van der Waals surface area contributed by atoms with Crippen molar-refractivity contribution in [3.63, 3.8) is 0 Å². The second-order valence-electron chi connectivity index (χ2n) is 3.67. The van der Waals surface area contributed by atoms with Gasteiger partial charge in [-0.25, -0.2) is 0 Å². The molecule has 1 heterocycles. The maximum atomic E-state index is 11.6. The van der Waals surface area contributed by atoms with E-state index in [4.69, 9.17) is 15.6 Å². The molecule has 15 heavy (non-hydrogen) atoms. The molecule has 1 fully saturated rings. The number of rotatable bonds is 4. The third-order valence-electron chi connectivity index (χ3n) is 2.51. The van der Waals surface area contributed by atoms with Crippen molar-refractivity contribution in [3.8, 4) is 0 Å². The Morgan fingerprint density at radius 3 is 2.80 bits per heavy atom. The largest absolute Gasteiger partial charge is 0.481 e. The minimum Gasteiger partial charge on any atom is -0.481 e. The number of carboxylic acids is 1. The van der Waals surface area contributed by atoms with Gasteiger partial charge in [-0.15, -0.1) is 0 Å². The van der Waals surface area contributed by atoms with Gasteiger partial charge in [-0.05, 0) is 6.42 Å². The summed E-state index contributed by atoms with van der Waals surface area (Å²) in [5.74, 6) is -1.40. The summed E-state index contributed by atoms with van der Waals surface area (Å²) in [4.78, 5) is 23.5. The van der Waals surface area contributed by atoms with E-state index >= 15 is 0 Å². The van der Waals surface area contributed by atoms with Crippen molar-refractivity contribution in [2.24, 2.45) is 5.73 Å². The zero-order valence-corrected chi connectivity index (χ0v) is 8.68. The Morgan fingerprint density at radius 1 is 1.67 bits per heavy atom. The van der Waals surface area contributed by atoms with E-state index in [9.17, 15) is 9.59 Å². The minimum absolute atomic E-state index is 0.0253. The van der Waals surface area contributed by atoms with Crippen LogP contribution in [0.2, 0.25) is 0 Å². The van der Waals surface area contributed by atoms with Crippen molar-refractivity contribution < 1.29 is 19.4 Å². The number of aliphatic carboxylic acids is 1. The van der Waals surface area contributed by atoms with Crippen LogP contribution in [0.1, 0.15) is 12.8 Å². The SMILES string of the molecule is CN(C(=O)C(N)CC(=O)O)C1CCOC1. The van der Waals surface area contributed by atoms with Crippen molar-refractivity contribution >= 4 is 11.9 Å². The fourth-order valence-electron chi connectivity index (χ4n) is 1.54. The summed E-state index contributed by atoms with van der Waals surface area (Å²) in [5.41, 5.74) is 5.47. The van der Waals surface area contributed by atoms with Crippen LogP contribution in [0.5, 0.6) is 0 Å². The number of ether oxygens (including phenoxy) is 1. The highest BCUT2D eigenvalue weighted by Gasteiger charge is 2.28. The Balaban J connectivity index is 2.47. The van der Waals surface area contributed by atoms with Gasteiger partial charge in [0, 0.05) is 13.7 Å². The lowest BCUT2D eigenvalue weighted by molar-refractivity contribution is -0.142. The standard InChI is InChI=1S/C9H16N2O4/c1-11(6-2-3-15-5-6)9(14)7(10)4-8(12)13/h6-7H,2-5,10H2,1H3,(H,12,13). The molecule has 1 aliphatic heterocycles. The van der Waals surface area contributed by atoms with Crippen LogP contribution in [0.3, 0.4) is 0 Å². The maximum Gasteiger partial charge on any atom is 0.305 e. The van der Waals surface area contributed by atoms with E-state index in [-0.39, 0.29) is 18.4 Å². The molecule has 1 amide bonds. The molecular formula is C9H16N2O4. The van der Waals surface area contributed by atoms with Gasteiger partial charge in [0.1, 0.15) is 0 Å². The monoisotopic (exact) mass is 216 g/mol. The molecule has 1 rings (SSSR count). The average molecular weight is 216 g/mol. The number of carbonyl (C=O) groups excluding carboxylic acids is 1. The predicted octanol–water partition coefficient (Wildman–Crippen LogP) is -0.964. The first-order valence-corrected chi connectivity index (χ1v) is 4.84. The van der Waals surface area contributed by atoms with E-state index in [1.54, 1.807) is 7.05 Å². The summed E-state index contributed by atoms with van der Waals surface area (Å²) < 4.78 is 5.14. The quantitative estimate of drug-likeness (QED) is 0.631. The number of amides is 1. The van der Waals surface area contributed by atoms with Crippen molar-refractivity contribution in [2.45, 2.75) is 24.9 Å². The summed E-state index contributed by atoms with van der Waals surface area (Å²) in [6.45, 7) is 1.14. The topological polar surface area (TPSA) is 92.9 Å². The first-order chi connectivity index (χ1) is 7.02. The van der Waals surface area contributed by atoms with Gasteiger partial charge in [0.25, 0.3) is 0 Å². The molecular weight excluding hydrogens is 200 g/mol. The Labute approximate surface area is 88.0 Å². The second kappa shape index (κ2) is 5.09. The second-order valence-corrected chi connectivity index (χ2v) is 3.67. The Morgan fingerprint density at radius 2 is 2.33 bits per heavy atom. The highest BCUT2D eigenvalue weighted by atomic mass is 16.5. The lowest BCUT2D eigenvalue weighted by Crippen LogP contribution is -2.47. The fraction of sp³-hybridized carbons (Fsp3) is 0.778. The molecule has 86 valence electrons. The van der Waals surface area contributed by atoms with Crippen molar-refractivity contribution in [1.82, 2.24) is 4.90 Å². The highest BCUT2D eigenvalue weighted by Crippen LogP contribution is 2.11. The van der Waals surface area contributed by atoms with E-state index in [1.165, 1.54) is 4.90 Å². The van der Waals surface area contributed by atoms with E-state index < -0.39 is 12.0 Å². The molecule has 3 N–H and O–H groups in total. The summed E-state index contributed by atoms with van der Waals surface area (Å²) in [6, 6.07) is -0.939. The maximum absolute atomic E-state index is 11.6. The molecule has 0 aliphatic carbocycles. The molecule has 0 aromatic heterocycles. The third kappa shape index (κ3) is 3.17. The Bertz CT molecular complexity index is 250. The number of carboxylic acid groups (broad SMARTS) is 1. The lowest BCUT2D eigenvalue weighted by Gasteiger charge is -2.25. The van der Waals surface area contributed by atoms with Gasteiger partial charge in [0.15, 0.2) is 0 Å². The minimum atomic E-state index is -1.06. The number of hydrogen-bond acceptors (Lipinski definition) is 4. The molecule has 6 heteroatoms. The van der Waals surface area contributed by atoms with Gasteiger partial charge in [-0.1, -0.05) is 0 Å². The summed E-state index contributed by atoms with van der Waals surface area (Å²) in [5, 5.41) is 8.50. The van der Waals surface area contributed by atoms with Crippen molar-refractivity contribution in [3.05, 3.63) is 0 Å². The van der Waals surface area contributed by atoms with Gasteiger partial charge in [0.2, 0.25) is 5.91 Å². The van der Waals surface area contributed by atoms with Crippen LogP contribution >= 0.6 is 0 Å². The van der Waals surface area contributed by atoms with Gasteiger partial charge in [-0.3, -0.25) is 9.59 Å².